The van der Waals surface area contributed by atoms with Gasteiger partial charge in [-0.3, -0.25) is 4.79 Å². The average molecular weight is 528 g/mol. The molecule has 4 nitrogen and oxygen atoms in total. The predicted molar refractivity (Wildman–Crippen MR) is 141 cm³/mol. The molecule has 0 atom stereocenters. The molecule has 0 saturated carbocycles. The number of esters is 1. The first-order valence-electron chi connectivity index (χ1n) is 13.1. The Hall–Kier alpha value is -1.01. The van der Waals surface area contributed by atoms with Crippen LogP contribution in [0.3, 0.4) is 0 Å². The first kappa shape index (κ1) is 32.0. The van der Waals surface area contributed by atoms with Crippen molar-refractivity contribution in [1.29, 1.82) is 0 Å². The van der Waals surface area contributed by atoms with Crippen LogP contribution in [0.15, 0.2) is 0 Å². The van der Waals surface area contributed by atoms with Crippen LogP contribution < -0.4 is 0 Å². The standard InChI is InChI=1S/C28H47BrO4/c1-3-5-7-9-14-19-25-32-28(33-26-20-15-10-8-6-4-2)22-21-27(30)31-24-18-16-12-11-13-17-23-29/h28H,3-8,11-13,16-26H2,1-2H3. The molecule has 0 amide bonds. The average Bonchev–Trinajstić information content (AvgIpc) is 2.82. The lowest BCUT2D eigenvalue weighted by Gasteiger charge is -2.17. The second-order valence-corrected chi connectivity index (χ2v) is 8.95. The van der Waals surface area contributed by atoms with Gasteiger partial charge in [-0.15, -0.1) is 23.7 Å². The zero-order chi connectivity index (χ0) is 24.2. The van der Waals surface area contributed by atoms with Crippen LogP contribution in [0.5, 0.6) is 0 Å². The van der Waals surface area contributed by atoms with Gasteiger partial charge in [0, 0.05) is 37.4 Å². The van der Waals surface area contributed by atoms with Crippen molar-refractivity contribution in [2.24, 2.45) is 0 Å². The summed E-state index contributed by atoms with van der Waals surface area (Å²) in [6.45, 7) is 5.86. The van der Waals surface area contributed by atoms with E-state index in [9.17, 15) is 4.79 Å². The van der Waals surface area contributed by atoms with Crippen molar-refractivity contribution in [2.75, 3.05) is 25.2 Å². The van der Waals surface area contributed by atoms with Gasteiger partial charge in [-0.1, -0.05) is 68.3 Å². The summed E-state index contributed by atoms with van der Waals surface area (Å²) in [5, 5.41) is 1.08. The topological polar surface area (TPSA) is 44.8 Å². The molecule has 0 fully saturated rings. The van der Waals surface area contributed by atoms with E-state index in [1.54, 1.807) is 0 Å². The Kier molecular flexibility index (Phi) is 26.4. The lowest BCUT2D eigenvalue weighted by atomic mass is 10.1. The molecule has 0 unspecified atom stereocenters. The normalized spacial score (nSPS) is 10.4. The fourth-order valence-electron chi connectivity index (χ4n) is 2.98. The smallest absolute Gasteiger partial charge is 0.305 e. The Balaban J connectivity index is 4.13. The van der Waals surface area contributed by atoms with E-state index in [1.165, 1.54) is 25.7 Å². The molecule has 0 heterocycles. The largest absolute Gasteiger partial charge is 0.466 e. The van der Waals surface area contributed by atoms with Crippen molar-refractivity contribution in [3.05, 3.63) is 0 Å². The Morgan fingerprint density at radius 2 is 1.21 bits per heavy atom. The molecule has 0 aromatic carbocycles. The van der Waals surface area contributed by atoms with Gasteiger partial charge < -0.3 is 14.2 Å². The third kappa shape index (κ3) is 25.5. The van der Waals surface area contributed by atoms with Gasteiger partial charge in [0.25, 0.3) is 0 Å². The maximum Gasteiger partial charge on any atom is 0.305 e. The quantitative estimate of drug-likeness (QED) is 0.0508. The molecule has 0 aliphatic heterocycles. The second kappa shape index (κ2) is 27.2. The molecular formula is C28H47BrO4. The van der Waals surface area contributed by atoms with Gasteiger partial charge in [0.1, 0.15) is 0 Å². The SMILES string of the molecule is CCCCC#CCCOC(CCC(=O)OCCCCCCCCBr)OCCC#CCCCC. The number of hydrogen-bond donors (Lipinski definition) is 0. The van der Waals surface area contributed by atoms with E-state index >= 15 is 0 Å². The lowest BCUT2D eigenvalue weighted by Crippen LogP contribution is -2.20. The van der Waals surface area contributed by atoms with E-state index in [1.807, 2.05) is 0 Å². The highest BCUT2D eigenvalue weighted by atomic mass is 79.9. The number of hydrogen-bond acceptors (Lipinski definition) is 4. The maximum absolute atomic E-state index is 12.1. The molecule has 0 aromatic heterocycles. The summed E-state index contributed by atoms with van der Waals surface area (Å²) < 4.78 is 17.1. The molecule has 5 heteroatoms. The van der Waals surface area contributed by atoms with Crippen molar-refractivity contribution in [3.63, 3.8) is 0 Å². The molecule has 0 N–H and O–H groups in total. The number of rotatable bonds is 21. The molecule has 0 bridgehead atoms. The Labute approximate surface area is 212 Å². The van der Waals surface area contributed by atoms with E-state index < -0.39 is 6.29 Å². The Morgan fingerprint density at radius 3 is 1.76 bits per heavy atom. The molecule has 0 aliphatic carbocycles. The van der Waals surface area contributed by atoms with E-state index in [0.29, 0.717) is 45.5 Å². The summed E-state index contributed by atoms with van der Waals surface area (Å²) in [6.07, 6.45) is 15.2. The summed E-state index contributed by atoms with van der Waals surface area (Å²) in [7, 11) is 0. The van der Waals surface area contributed by atoms with Crippen LogP contribution in [0.1, 0.15) is 117 Å². The molecule has 190 valence electrons. The highest BCUT2D eigenvalue weighted by Crippen LogP contribution is 2.09. The van der Waals surface area contributed by atoms with Crippen molar-refractivity contribution in [3.8, 4) is 23.7 Å². The first-order valence-corrected chi connectivity index (χ1v) is 14.2. The van der Waals surface area contributed by atoms with E-state index in [2.05, 4.69) is 53.5 Å². The minimum absolute atomic E-state index is 0.176. The van der Waals surface area contributed by atoms with E-state index in [4.69, 9.17) is 14.2 Å². The minimum atomic E-state index is -0.415. The summed E-state index contributed by atoms with van der Waals surface area (Å²) in [6, 6.07) is 0. The van der Waals surface area contributed by atoms with Gasteiger partial charge in [0.15, 0.2) is 6.29 Å². The summed E-state index contributed by atoms with van der Waals surface area (Å²) in [5.41, 5.74) is 0. The fourth-order valence-corrected chi connectivity index (χ4v) is 3.38. The number of halogens is 1. The number of carbonyl (C=O) groups is 1. The van der Waals surface area contributed by atoms with Gasteiger partial charge in [-0.2, -0.15) is 0 Å². The zero-order valence-corrected chi connectivity index (χ0v) is 22.8. The van der Waals surface area contributed by atoms with E-state index in [0.717, 1.165) is 56.7 Å². The Morgan fingerprint density at radius 1 is 0.697 bits per heavy atom. The van der Waals surface area contributed by atoms with Crippen molar-refractivity contribution < 1.29 is 19.0 Å². The Bertz CT molecular complexity index is 524. The predicted octanol–water partition coefficient (Wildman–Crippen LogP) is 7.57. The summed E-state index contributed by atoms with van der Waals surface area (Å²) in [4.78, 5) is 12.1. The molecule has 0 aromatic rings. The number of carbonyl (C=O) groups excluding carboxylic acids is 1. The summed E-state index contributed by atoms with van der Waals surface area (Å²) >= 11 is 3.45. The van der Waals surface area contributed by atoms with Crippen molar-refractivity contribution >= 4 is 21.9 Å². The minimum Gasteiger partial charge on any atom is -0.466 e. The molecule has 0 aliphatic rings. The van der Waals surface area contributed by atoms with Crippen molar-refractivity contribution in [1.82, 2.24) is 0 Å². The van der Waals surface area contributed by atoms with Crippen molar-refractivity contribution in [2.45, 2.75) is 123 Å². The van der Waals surface area contributed by atoms with Crippen LogP contribution in [0.4, 0.5) is 0 Å². The van der Waals surface area contributed by atoms with Gasteiger partial charge >= 0.3 is 5.97 Å². The number of unbranched alkanes of at least 4 members (excludes halogenated alkanes) is 9. The van der Waals surface area contributed by atoms with Gasteiger partial charge in [0.2, 0.25) is 0 Å². The van der Waals surface area contributed by atoms with Gasteiger partial charge in [-0.25, -0.2) is 0 Å². The molecule has 0 saturated heterocycles. The maximum atomic E-state index is 12.1. The van der Waals surface area contributed by atoms with Gasteiger partial charge in [-0.05, 0) is 25.7 Å². The number of alkyl halides is 1. The lowest BCUT2D eigenvalue weighted by molar-refractivity contribution is -0.157. The van der Waals surface area contributed by atoms with E-state index in [-0.39, 0.29) is 5.97 Å². The third-order valence-corrected chi connectivity index (χ3v) is 5.56. The summed E-state index contributed by atoms with van der Waals surface area (Å²) in [5.74, 6) is 12.5. The molecule has 33 heavy (non-hydrogen) atoms. The monoisotopic (exact) mass is 526 g/mol. The van der Waals surface area contributed by atoms with Crippen LogP contribution >= 0.6 is 15.9 Å². The van der Waals surface area contributed by atoms with Gasteiger partial charge in [0.05, 0.1) is 26.2 Å². The first-order chi connectivity index (χ1) is 16.2. The molecular weight excluding hydrogens is 480 g/mol. The van der Waals surface area contributed by atoms with Crippen LogP contribution in [0.2, 0.25) is 0 Å². The molecule has 0 rings (SSSR count). The van der Waals surface area contributed by atoms with Crippen LogP contribution in [0, 0.1) is 23.7 Å². The fraction of sp³-hybridized carbons (Fsp3) is 0.821. The van der Waals surface area contributed by atoms with Crippen LogP contribution in [-0.2, 0) is 19.0 Å². The van der Waals surface area contributed by atoms with Crippen LogP contribution in [-0.4, -0.2) is 37.4 Å². The van der Waals surface area contributed by atoms with Crippen LogP contribution in [0.25, 0.3) is 0 Å². The zero-order valence-electron chi connectivity index (χ0n) is 21.2. The second-order valence-electron chi connectivity index (χ2n) is 8.15. The third-order valence-electron chi connectivity index (χ3n) is 5.00. The highest BCUT2D eigenvalue weighted by Gasteiger charge is 2.13. The number of ether oxygens (including phenoxy) is 3. The highest BCUT2D eigenvalue weighted by molar-refractivity contribution is 9.09. The molecule has 0 spiro atoms. The molecule has 0 radical (unpaired) electrons.